The number of nitrogens with zero attached hydrogens (tertiary/aromatic N) is 1. The molecule has 57 heavy (non-hydrogen) atoms. The number of rotatable bonds is 38. The van der Waals surface area contributed by atoms with Crippen LogP contribution in [0.25, 0.3) is 0 Å². The van der Waals surface area contributed by atoms with Crippen LogP contribution in [-0.4, -0.2) is 127 Å². The first-order valence-corrected chi connectivity index (χ1v) is 23.9. The summed E-state index contributed by atoms with van der Waals surface area (Å²) in [5.74, 6) is 0. The normalized spacial score (nSPS) is 21.1. The highest BCUT2D eigenvalue weighted by molar-refractivity contribution is 5.68. The predicted octanol–water partition coefficient (Wildman–Crippen LogP) is 9.03. The molecule has 0 spiro atoms. The van der Waals surface area contributed by atoms with Crippen molar-refractivity contribution in [2.45, 2.75) is 230 Å². The van der Waals surface area contributed by atoms with Gasteiger partial charge in [0.15, 0.2) is 0 Å². The fraction of sp³-hybridized carbons (Fsp3) is 0.978. The summed E-state index contributed by atoms with van der Waals surface area (Å²) in [5, 5.41) is 38.9. The molecule has 2 rings (SSSR count). The van der Waals surface area contributed by atoms with E-state index in [0.29, 0.717) is 45.6 Å². The minimum absolute atomic E-state index is 0.180. The van der Waals surface area contributed by atoms with Crippen molar-refractivity contribution in [3.8, 4) is 0 Å². The van der Waals surface area contributed by atoms with E-state index in [9.17, 15) is 15.0 Å². The molecule has 4 N–H and O–H groups in total. The molecular formula is C46H89NO10. The largest absolute Gasteiger partial charge is 0.443 e. The van der Waals surface area contributed by atoms with E-state index in [1.165, 1.54) is 77.0 Å². The Labute approximate surface area is 348 Å². The fourth-order valence-corrected chi connectivity index (χ4v) is 8.18. The average Bonchev–Trinajstić information content (AvgIpc) is 3.21. The van der Waals surface area contributed by atoms with Gasteiger partial charge in [0.2, 0.25) is 0 Å². The van der Waals surface area contributed by atoms with E-state index in [0.717, 1.165) is 89.9 Å². The number of ether oxygens (including phenoxy) is 5. The van der Waals surface area contributed by atoms with Gasteiger partial charge in [-0.25, -0.2) is 4.79 Å². The molecule has 338 valence electrons. The van der Waals surface area contributed by atoms with Crippen LogP contribution in [0.3, 0.4) is 0 Å². The lowest BCUT2D eigenvalue weighted by Crippen LogP contribution is -2.54. The van der Waals surface area contributed by atoms with E-state index in [2.05, 4.69) is 6.92 Å². The second kappa shape index (κ2) is 36.8. The molecule has 2 saturated heterocycles. The Kier molecular flexibility index (Phi) is 33.6. The minimum Gasteiger partial charge on any atom is -0.443 e. The summed E-state index contributed by atoms with van der Waals surface area (Å²) in [5.41, 5.74) is 0. The summed E-state index contributed by atoms with van der Waals surface area (Å²) < 4.78 is 30.5. The first kappa shape index (κ1) is 52.1. The molecule has 2 heterocycles. The second-order valence-corrected chi connectivity index (χ2v) is 17.0. The minimum atomic E-state index is -0.558. The number of amides is 1. The average molecular weight is 816 g/mol. The molecular weight excluding hydrogens is 727 g/mol. The maximum absolute atomic E-state index is 14.1. The van der Waals surface area contributed by atoms with Crippen LogP contribution < -0.4 is 0 Å². The highest BCUT2D eigenvalue weighted by Crippen LogP contribution is 2.26. The van der Waals surface area contributed by atoms with E-state index in [4.69, 9.17) is 33.9 Å². The van der Waals surface area contributed by atoms with Gasteiger partial charge in [-0.05, 0) is 57.8 Å². The Bertz CT molecular complexity index is 899. The van der Waals surface area contributed by atoms with E-state index in [-0.39, 0.29) is 57.4 Å². The van der Waals surface area contributed by atoms with Gasteiger partial charge < -0.3 is 49.0 Å². The van der Waals surface area contributed by atoms with Crippen LogP contribution >= 0.6 is 0 Å². The number of unbranched alkanes of at least 4 members (excludes halogenated alkanes) is 20. The molecule has 0 aromatic rings. The molecule has 6 unspecified atom stereocenters. The third-order valence-corrected chi connectivity index (χ3v) is 11.8. The molecule has 2 aliphatic rings. The third-order valence-electron chi connectivity index (χ3n) is 11.8. The molecule has 11 heteroatoms. The van der Waals surface area contributed by atoms with Crippen LogP contribution in [-0.2, 0) is 23.7 Å². The number of hydrogen-bond donors (Lipinski definition) is 4. The van der Waals surface area contributed by atoms with Crippen molar-refractivity contribution in [3.05, 3.63) is 0 Å². The van der Waals surface area contributed by atoms with Gasteiger partial charge >= 0.3 is 6.09 Å². The Morgan fingerprint density at radius 2 is 1.04 bits per heavy atom. The molecule has 2 fully saturated rings. The van der Waals surface area contributed by atoms with Crippen LogP contribution in [0.5, 0.6) is 0 Å². The molecule has 0 bridgehead atoms. The topological polar surface area (TPSA) is 147 Å². The molecule has 0 aliphatic carbocycles. The SMILES string of the molecule is CCCCCCCCCCCCCCCCCN(C(=O)OC1CCCOC1COCC(O)CCCCCCO)C1CCCOC1COCC(O)CCCCCCO. The summed E-state index contributed by atoms with van der Waals surface area (Å²) in [7, 11) is 0. The predicted molar refractivity (Wildman–Crippen MR) is 228 cm³/mol. The number of aliphatic hydroxyl groups excluding tert-OH is 4. The maximum atomic E-state index is 14.1. The summed E-state index contributed by atoms with van der Waals surface area (Å²) in [6.45, 7) is 5.49. The van der Waals surface area contributed by atoms with Crippen molar-refractivity contribution >= 4 is 6.09 Å². The van der Waals surface area contributed by atoms with Gasteiger partial charge in [-0.3, -0.25) is 0 Å². The number of aliphatic hydroxyl groups is 4. The highest BCUT2D eigenvalue weighted by Gasteiger charge is 2.37. The van der Waals surface area contributed by atoms with Gasteiger partial charge in [0.1, 0.15) is 18.3 Å². The Morgan fingerprint density at radius 1 is 0.596 bits per heavy atom. The maximum Gasteiger partial charge on any atom is 0.410 e. The van der Waals surface area contributed by atoms with Gasteiger partial charge in [0.25, 0.3) is 0 Å². The number of hydrogen-bond acceptors (Lipinski definition) is 10. The van der Waals surface area contributed by atoms with Crippen molar-refractivity contribution in [3.63, 3.8) is 0 Å². The van der Waals surface area contributed by atoms with Crippen LogP contribution in [0.2, 0.25) is 0 Å². The summed E-state index contributed by atoms with van der Waals surface area (Å²) in [4.78, 5) is 16.0. The number of carbonyl (C=O) groups is 1. The van der Waals surface area contributed by atoms with Crippen molar-refractivity contribution in [2.75, 3.05) is 59.4 Å². The first-order chi connectivity index (χ1) is 28.0. The van der Waals surface area contributed by atoms with E-state index in [1.54, 1.807) is 0 Å². The zero-order valence-corrected chi connectivity index (χ0v) is 36.5. The van der Waals surface area contributed by atoms with Crippen molar-refractivity contribution in [1.82, 2.24) is 4.90 Å². The summed E-state index contributed by atoms with van der Waals surface area (Å²) in [6.07, 6.45) is 28.4. The highest BCUT2D eigenvalue weighted by atomic mass is 16.6. The Balaban J connectivity index is 1.88. The standard InChI is InChI=1S/C46H89NO10/c1-2-3-4-5-6-7-8-9-10-11-12-13-14-17-22-31-47(42-29-25-34-55-44(42)38-53-36-40(50)27-20-15-18-23-32-48)46(52)57-43-30-26-35-56-45(43)39-54-37-41(51)28-21-16-19-24-33-49/h40-45,48-51H,2-39H2,1H3. The second-order valence-electron chi connectivity index (χ2n) is 17.0. The molecule has 1 amide bonds. The van der Waals surface area contributed by atoms with Crippen LogP contribution in [0.4, 0.5) is 4.79 Å². The molecule has 6 atom stereocenters. The smallest absolute Gasteiger partial charge is 0.410 e. The van der Waals surface area contributed by atoms with E-state index >= 15 is 0 Å². The van der Waals surface area contributed by atoms with Crippen molar-refractivity contribution in [1.29, 1.82) is 0 Å². The zero-order chi connectivity index (χ0) is 41.0. The van der Waals surface area contributed by atoms with Gasteiger partial charge in [0, 0.05) is 33.0 Å². The van der Waals surface area contributed by atoms with Gasteiger partial charge in [0.05, 0.1) is 44.7 Å². The van der Waals surface area contributed by atoms with Gasteiger partial charge in [-0.1, -0.05) is 135 Å². The van der Waals surface area contributed by atoms with E-state index < -0.39 is 18.3 Å². The van der Waals surface area contributed by atoms with E-state index in [1.807, 2.05) is 4.90 Å². The van der Waals surface area contributed by atoms with Crippen molar-refractivity contribution < 1.29 is 48.9 Å². The molecule has 0 radical (unpaired) electrons. The molecule has 0 aromatic heterocycles. The quantitative estimate of drug-likeness (QED) is 0.0445. The van der Waals surface area contributed by atoms with Crippen molar-refractivity contribution in [2.24, 2.45) is 0 Å². The van der Waals surface area contributed by atoms with Crippen LogP contribution in [0.15, 0.2) is 0 Å². The summed E-state index contributed by atoms with van der Waals surface area (Å²) in [6, 6.07) is -0.180. The monoisotopic (exact) mass is 816 g/mol. The Hall–Kier alpha value is -1.05. The lowest BCUT2D eigenvalue weighted by Gasteiger charge is -2.40. The third kappa shape index (κ3) is 26.7. The van der Waals surface area contributed by atoms with Crippen LogP contribution in [0, 0.1) is 0 Å². The first-order valence-electron chi connectivity index (χ1n) is 23.9. The van der Waals surface area contributed by atoms with Crippen LogP contribution in [0.1, 0.15) is 193 Å². The zero-order valence-electron chi connectivity index (χ0n) is 36.5. The lowest BCUT2D eigenvalue weighted by molar-refractivity contribution is -0.128. The van der Waals surface area contributed by atoms with Gasteiger partial charge in [-0.2, -0.15) is 0 Å². The van der Waals surface area contributed by atoms with Gasteiger partial charge in [-0.15, -0.1) is 0 Å². The Morgan fingerprint density at radius 3 is 1.56 bits per heavy atom. The molecule has 0 aromatic carbocycles. The fourth-order valence-electron chi connectivity index (χ4n) is 8.18. The molecule has 11 nitrogen and oxygen atoms in total. The lowest BCUT2D eigenvalue weighted by atomic mass is 10.0. The number of carbonyl (C=O) groups excluding carboxylic acids is 1. The molecule has 2 aliphatic heterocycles. The summed E-state index contributed by atoms with van der Waals surface area (Å²) >= 11 is 0. The molecule has 0 saturated carbocycles.